The molecule has 0 rings (SSSR count). The highest BCUT2D eigenvalue weighted by Gasteiger charge is 2.45. The maximum atomic E-state index is 10.4. The van der Waals surface area contributed by atoms with Crippen molar-refractivity contribution in [3.8, 4) is 0 Å². The SMILES string of the molecule is CC(C)C(C)C(O)C(C)(C)N(O)C(C)(C)C(C)O. The molecule has 0 aromatic heterocycles. The maximum Gasteiger partial charge on any atom is 0.0769 e. The van der Waals surface area contributed by atoms with Gasteiger partial charge in [-0.15, -0.1) is 0 Å². The van der Waals surface area contributed by atoms with Crippen molar-refractivity contribution >= 4 is 0 Å². The molecule has 0 radical (unpaired) electrons. The van der Waals surface area contributed by atoms with E-state index in [0.717, 1.165) is 5.06 Å². The second kappa shape index (κ2) is 5.87. The second-order valence-electron chi connectivity index (χ2n) is 6.84. The Morgan fingerprint density at radius 3 is 1.50 bits per heavy atom. The summed E-state index contributed by atoms with van der Waals surface area (Å²) in [7, 11) is 0. The molecule has 0 aliphatic rings. The van der Waals surface area contributed by atoms with Crippen LogP contribution in [0, 0.1) is 11.8 Å². The molecule has 0 aliphatic heterocycles. The second-order valence-corrected chi connectivity index (χ2v) is 6.84. The van der Waals surface area contributed by atoms with E-state index in [2.05, 4.69) is 0 Å². The lowest BCUT2D eigenvalue weighted by Gasteiger charge is -2.49. The number of aliphatic hydroxyl groups is 2. The molecule has 3 N–H and O–H groups in total. The van der Waals surface area contributed by atoms with Gasteiger partial charge < -0.3 is 15.4 Å². The Hall–Kier alpha value is -0.160. The minimum atomic E-state index is -0.829. The van der Waals surface area contributed by atoms with Gasteiger partial charge in [0.25, 0.3) is 0 Å². The highest BCUT2D eigenvalue weighted by molar-refractivity contribution is 4.96. The molecule has 0 aliphatic carbocycles. The summed E-state index contributed by atoms with van der Waals surface area (Å²) in [4.78, 5) is 0. The van der Waals surface area contributed by atoms with Crippen LogP contribution in [0.25, 0.3) is 0 Å². The molecular weight excluding hydrogens is 230 g/mol. The van der Waals surface area contributed by atoms with E-state index in [0.29, 0.717) is 5.92 Å². The molecule has 0 saturated carbocycles. The van der Waals surface area contributed by atoms with Gasteiger partial charge in [0.15, 0.2) is 0 Å². The van der Waals surface area contributed by atoms with Crippen LogP contribution >= 0.6 is 0 Å². The van der Waals surface area contributed by atoms with Gasteiger partial charge in [-0.3, -0.25) is 0 Å². The maximum absolute atomic E-state index is 10.4. The standard InChI is InChI=1S/C14H31NO3/c1-9(2)10(3)12(17)14(7,8)15(18)13(5,6)11(4)16/h9-12,16-18H,1-8H3. The predicted octanol–water partition coefficient (Wildman–Crippen LogP) is 2.27. The Kier molecular flexibility index (Phi) is 5.81. The Morgan fingerprint density at radius 2 is 1.22 bits per heavy atom. The number of aliphatic hydroxyl groups excluding tert-OH is 2. The Morgan fingerprint density at radius 1 is 0.833 bits per heavy atom. The smallest absolute Gasteiger partial charge is 0.0769 e. The number of nitrogens with zero attached hydrogens (tertiary/aromatic N) is 1. The van der Waals surface area contributed by atoms with Crippen LogP contribution < -0.4 is 0 Å². The Labute approximate surface area is 112 Å². The van der Waals surface area contributed by atoms with Gasteiger partial charge in [0.1, 0.15) is 0 Å². The van der Waals surface area contributed by atoms with Crippen molar-refractivity contribution in [2.75, 3.05) is 0 Å². The van der Waals surface area contributed by atoms with Crippen LogP contribution in [-0.4, -0.2) is 43.8 Å². The van der Waals surface area contributed by atoms with Crippen LogP contribution in [0.4, 0.5) is 0 Å². The fraction of sp³-hybridized carbons (Fsp3) is 1.00. The lowest BCUT2D eigenvalue weighted by atomic mass is 9.79. The van der Waals surface area contributed by atoms with Crippen molar-refractivity contribution in [1.29, 1.82) is 0 Å². The van der Waals surface area contributed by atoms with E-state index in [4.69, 9.17) is 0 Å². The molecule has 0 saturated heterocycles. The monoisotopic (exact) mass is 261 g/mol. The van der Waals surface area contributed by atoms with E-state index in [1.807, 2.05) is 20.8 Å². The van der Waals surface area contributed by atoms with Gasteiger partial charge >= 0.3 is 0 Å². The van der Waals surface area contributed by atoms with E-state index < -0.39 is 23.3 Å². The van der Waals surface area contributed by atoms with Crippen LogP contribution in [0.2, 0.25) is 0 Å². The summed E-state index contributed by atoms with van der Waals surface area (Å²) in [5, 5.41) is 31.7. The summed E-state index contributed by atoms with van der Waals surface area (Å²) in [6.45, 7) is 14.8. The normalized spacial score (nSPS) is 19.2. The summed E-state index contributed by atoms with van der Waals surface area (Å²) in [5.74, 6) is 0.377. The third kappa shape index (κ3) is 3.44. The highest BCUT2D eigenvalue weighted by Crippen LogP contribution is 2.33. The average Bonchev–Trinajstić information content (AvgIpc) is 2.25. The number of hydrogen-bond donors (Lipinski definition) is 3. The first-order valence-corrected chi connectivity index (χ1v) is 6.72. The van der Waals surface area contributed by atoms with Crippen LogP contribution in [-0.2, 0) is 0 Å². The third-order valence-electron chi connectivity index (χ3n) is 4.39. The zero-order valence-corrected chi connectivity index (χ0v) is 13.1. The summed E-state index contributed by atoms with van der Waals surface area (Å²) in [6.07, 6.45) is -1.39. The topological polar surface area (TPSA) is 63.9 Å². The summed E-state index contributed by atoms with van der Waals surface area (Å²) >= 11 is 0. The molecule has 0 aromatic rings. The van der Waals surface area contributed by atoms with Crippen molar-refractivity contribution in [2.45, 2.75) is 78.7 Å². The van der Waals surface area contributed by atoms with Crippen molar-refractivity contribution in [3.05, 3.63) is 0 Å². The first-order chi connectivity index (χ1) is 7.86. The number of hydroxylamine groups is 2. The van der Waals surface area contributed by atoms with Crippen LogP contribution in [0.15, 0.2) is 0 Å². The van der Waals surface area contributed by atoms with Gasteiger partial charge in [-0.05, 0) is 46.5 Å². The van der Waals surface area contributed by atoms with Gasteiger partial charge in [-0.25, -0.2) is 0 Å². The summed E-state index contributed by atoms with van der Waals surface area (Å²) in [6, 6.07) is 0. The molecule has 0 bridgehead atoms. The molecule has 0 spiro atoms. The van der Waals surface area contributed by atoms with Gasteiger partial charge in [-0.1, -0.05) is 20.8 Å². The lowest BCUT2D eigenvalue weighted by Crippen LogP contribution is -2.63. The van der Waals surface area contributed by atoms with Crippen molar-refractivity contribution in [2.24, 2.45) is 11.8 Å². The van der Waals surface area contributed by atoms with E-state index in [1.165, 1.54) is 0 Å². The van der Waals surface area contributed by atoms with E-state index in [9.17, 15) is 15.4 Å². The molecule has 18 heavy (non-hydrogen) atoms. The molecule has 3 atom stereocenters. The molecule has 3 unspecified atom stereocenters. The Bertz CT molecular complexity index is 262. The molecule has 0 amide bonds. The molecule has 110 valence electrons. The van der Waals surface area contributed by atoms with E-state index >= 15 is 0 Å². The first-order valence-electron chi connectivity index (χ1n) is 6.72. The van der Waals surface area contributed by atoms with Gasteiger partial charge in [0.05, 0.1) is 23.3 Å². The highest BCUT2D eigenvalue weighted by atomic mass is 16.5. The van der Waals surface area contributed by atoms with Gasteiger partial charge in [0.2, 0.25) is 0 Å². The molecule has 0 aromatic carbocycles. The Balaban J connectivity index is 5.14. The van der Waals surface area contributed by atoms with E-state index in [1.54, 1.807) is 34.6 Å². The van der Waals surface area contributed by atoms with Gasteiger partial charge in [-0.2, -0.15) is 5.06 Å². The van der Waals surface area contributed by atoms with E-state index in [-0.39, 0.29) is 5.92 Å². The van der Waals surface area contributed by atoms with Crippen molar-refractivity contribution in [1.82, 2.24) is 5.06 Å². The molecular formula is C14H31NO3. The van der Waals surface area contributed by atoms with Crippen molar-refractivity contribution < 1.29 is 15.4 Å². The third-order valence-corrected chi connectivity index (χ3v) is 4.39. The van der Waals surface area contributed by atoms with Crippen LogP contribution in [0.3, 0.4) is 0 Å². The van der Waals surface area contributed by atoms with Crippen molar-refractivity contribution in [3.63, 3.8) is 0 Å². The molecule has 4 nitrogen and oxygen atoms in total. The number of hydrogen-bond acceptors (Lipinski definition) is 4. The molecule has 4 heteroatoms. The van der Waals surface area contributed by atoms with Crippen LogP contribution in [0.1, 0.15) is 55.4 Å². The summed E-state index contributed by atoms with van der Waals surface area (Å²) in [5.41, 5.74) is -1.65. The zero-order valence-electron chi connectivity index (χ0n) is 13.1. The fourth-order valence-electron chi connectivity index (χ4n) is 2.05. The van der Waals surface area contributed by atoms with Crippen LogP contribution in [0.5, 0.6) is 0 Å². The number of rotatable bonds is 6. The molecule has 0 heterocycles. The lowest BCUT2D eigenvalue weighted by molar-refractivity contribution is -0.271. The van der Waals surface area contributed by atoms with Gasteiger partial charge in [0, 0.05) is 0 Å². The zero-order chi connectivity index (χ0) is 14.9. The predicted molar refractivity (Wildman–Crippen MR) is 73.5 cm³/mol. The summed E-state index contributed by atoms with van der Waals surface area (Å²) < 4.78 is 0. The minimum absolute atomic E-state index is 0.0550. The molecule has 0 fully saturated rings. The minimum Gasteiger partial charge on any atom is -0.391 e. The fourth-order valence-corrected chi connectivity index (χ4v) is 2.05. The quantitative estimate of drug-likeness (QED) is 0.642. The largest absolute Gasteiger partial charge is 0.391 e. The average molecular weight is 261 g/mol. The first kappa shape index (κ1) is 17.8.